The van der Waals surface area contributed by atoms with Crippen LogP contribution in [0.1, 0.15) is 44.9 Å². The molecular weight excluding hydrogens is 290 g/mol. The molecule has 23 heavy (non-hydrogen) atoms. The SMILES string of the molecule is CNC(=O)NC(=O)C[NH2+][C@H](c1ccc(CC(C)C)cc1)C(C)C. The minimum Gasteiger partial charge on any atom is -0.341 e. The van der Waals surface area contributed by atoms with E-state index in [1.807, 2.05) is 5.32 Å². The number of carbonyl (C=O) groups excluding carboxylic acids is 2. The van der Waals surface area contributed by atoms with Crippen molar-refractivity contribution in [3.8, 4) is 0 Å². The van der Waals surface area contributed by atoms with Crippen molar-refractivity contribution in [2.45, 2.75) is 40.2 Å². The summed E-state index contributed by atoms with van der Waals surface area (Å²) in [5, 5.41) is 6.65. The van der Waals surface area contributed by atoms with E-state index in [4.69, 9.17) is 0 Å². The van der Waals surface area contributed by atoms with Crippen LogP contribution in [0.5, 0.6) is 0 Å². The second-order valence-electron chi connectivity index (χ2n) is 6.68. The maximum atomic E-state index is 11.7. The number of carbonyl (C=O) groups is 2. The molecule has 128 valence electrons. The normalized spacial score (nSPS) is 12.3. The molecule has 0 unspecified atom stereocenters. The molecule has 5 nitrogen and oxygen atoms in total. The molecule has 0 fully saturated rings. The van der Waals surface area contributed by atoms with Crippen molar-refractivity contribution in [3.63, 3.8) is 0 Å². The number of urea groups is 1. The van der Waals surface area contributed by atoms with Crippen LogP contribution in [-0.4, -0.2) is 25.5 Å². The average Bonchev–Trinajstić information content (AvgIpc) is 2.48. The summed E-state index contributed by atoms with van der Waals surface area (Å²) < 4.78 is 0. The first-order valence-corrected chi connectivity index (χ1v) is 8.27. The Balaban J connectivity index is 2.67. The van der Waals surface area contributed by atoms with E-state index in [-0.39, 0.29) is 18.5 Å². The van der Waals surface area contributed by atoms with Gasteiger partial charge in [-0.05, 0) is 17.9 Å². The average molecular weight is 320 g/mol. The van der Waals surface area contributed by atoms with Crippen LogP contribution in [0, 0.1) is 11.8 Å². The molecule has 0 aromatic heterocycles. The quantitative estimate of drug-likeness (QED) is 0.714. The van der Waals surface area contributed by atoms with Gasteiger partial charge in [0.15, 0.2) is 6.54 Å². The van der Waals surface area contributed by atoms with Gasteiger partial charge in [-0.3, -0.25) is 10.1 Å². The third-order valence-electron chi connectivity index (χ3n) is 3.76. The highest BCUT2D eigenvalue weighted by Crippen LogP contribution is 2.19. The molecule has 3 amide bonds. The number of nitrogens with one attached hydrogen (secondary N) is 2. The lowest BCUT2D eigenvalue weighted by atomic mass is 9.94. The van der Waals surface area contributed by atoms with Crippen molar-refractivity contribution in [3.05, 3.63) is 35.4 Å². The zero-order valence-corrected chi connectivity index (χ0v) is 14.8. The highest BCUT2D eigenvalue weighted by Gasteiger charge is 2.21. The molecule has 0 heterocycles. The minimum atomic E-state index is -0.470. The van der Waals surface area contributed by atoms with Gasteiger partial charge >= 0.3 is 6.03 Å². The van der Waals surface area contributed by atoms with Crippen LogP contribution in [-0.2, 0) is 11.2 Å². The third-order valence-corrected chi connectivity index (χ3v) is 3.76. The Labute approximate surface area is 139 Å². The molecule has 0 radical (unpaired) electrons. The van der Waals surface area contributed by atoms with Gasteiger partial charge in [0, 0.05) is 18.5 Å². The van der Waals surface area contributed by atoms with E-state index in [0.29, 0.717) is 11.8 Å². The first-order valence-electron chi connectivity index (χ1n) is 8.27. The standard InChI is InChI=1S/C18H29N3O2/c1-12(2)10-14-6-8-15(9-7-14)17(13(3)4)20-11-16(22)21-18(23)19-5/h6-9,12-13,17,20H,10-11H2,1-5H3,(H2,19,21,22,23)/p+1/t17-/m0/s1. The number of quaternary nitrogens is 1. The zero-order chi connectivity index (χ0) is 17.4. The summed E-state index contributed by atoms with van der Waals surface area (Å²) >= 11 is 0. The van der Waals surface area contributed by atoms with Gasteiger partial charge in [0.2, 0.25) is 0 Å². The fourth-order valence-electron chi connectivity index (χ4n) is 2.61. The van der Waals surface area contributed by atoms with Crippen LogP contribution >= 0.6 is 0 Å². The maximum absolute atomic E-state index is 11.7. The van der Waals surface area contributed by atoms with Crippen LogP contribution in [0.3, 0.4) is 0 Å². The monoisotopic (exact) mass is 320 g/mol. The highest BCUT2D eigenvalue weighted by molar-refractivity contribution is 5.94. The second kappa shape index (κ2) is 9.30. The van der Waals surface area contributed by atoms with E-state index in [0.717, 1.165) is 6.42 Å². The summed E-state index contributed by atoms with van der Waals surface area (Å²) in [7, 11) is 1.49. The van der Waals surface area contributed by atoms with Crippen LogP contribution in [0.2, 0.25) is 0 Å². The molecule has 0 aliphatic rings. The van der Waals surface area contributed by atoms with Crippen LogP contribution in [0.4, 0.5) is 4.79 Å². The Morgan fingerprint density at radius 3 is 2.17 bits per heavy atom. The molecule has 1 atom stereocenters. The zero-order valence-electron chi connectivity index (χ0n) is 14.8. The largest absolute Gasteiger partial charge is 0.341 e. The summed E-state index contributed by atoms with van der Waals surface area (Å²) in [6.45, 7) is 8.93. The van der Waals surface area contributed by atoms with Crippen LogP contribution in [0.25, 0.3) is 0 Å². The minimum absolute atomic E-state index is 0.193. The molecule has 0 spiro atoms. The van der Waals surface area contributed by atoms with Crippen molar-refractivity contribution >= 4 is 11.9 Å². The molecule has 1 aromatic rings. The highest BCUT2D eigenvalue weighted by atomic mass is 16.2. The third kappa shape index (κ3) is 6.82. The molecular formula is C18H30N3O2+. The molecule has 0 saturated heterocycles. The van der Waals surface area contributed by atoms with E-state index in [9.17, 15) is 9.59 Å². The van der Waals surface area contributed by atoms with Crippen molar-refractivity contribution in [1.82, 2.24) is 10.6 Å². The Hall–Kier alpha value is -1.88. The number of amides is 3. The Bertz CT molecular complexity index is 510. The van der Waals surface area contributed by atoms with Crippen molar-refractivity contribution in [2.24, 2.45) is 11.8 Å². The van der Waals surface area contributed by atoms with E-state index >= 15 is 0 Å². The Kier molecular flexibility index (Phi) is 7.75. The molecule has 5 heteroatoms. The van der Waals surface area contributed by atoms with Crippen molar-refractivity contribution in [1.29, 1.82) is 0 Å². The number of benzene rings is 1. The molecule has 0 aliphatic carbocycles. The number of hydrogen-bond donors (Lipinski definition) is 3. The summed E-state index contributed by atoms with van der Waals surface area (Å²) in [4.78, 5) is 22.9. The number of hydrogen-bond acceptors (Lipinski definition) is 2. The molecule has 0 aliphatic heterocycles. The van der Waals surface area contributed by atoms with E-state index in [1.54, 1.807) is 0 Å². The second-order valence-corrected chi connectivity index (χ2v) is 6.68. The smallest absolute Gasteiger partial charge is 0.321 e. The number of nitrogens with two attached hydrogens (primary N) is 1. The summed E-state index contributed by atoms with van der Waals surface area (Å²) in [5.41, 5.74) is 2.55. The van der Waals surface area contributed by atoms with Crippen molar-refractivity contribution < 1.29 is 14.9 Å². The van der Waals surface area contributed by atoms with Crippen LogP contribution in [0.15, 0.2) is 24.3 Å². The van der Waals surface area contributed by atoms with E-state index in [1.165, 1.54) is 18.2 Å². The van der Waals surface area contributed by atoms with Gasteiger partial charge < -0.3 is 10.6 Å². The van der Waals surface area contributed by atoms with Gasteiger partial charge in [-0.2, -0.15) is 0 Å². The maximum Gasteiger partial charge on any atom is 0.321 e. The fraction of sp³-hybridized carbons (Fsp3) is 0.556. The summed E-state index contributed by atoms with van der Waals surface area (Å²) in [6, 6.07) is 8.36. The molecule has 1 aromatic carbocycles. The Morgan fingerprint density at radius 2 is 1.70 bits per heavy atom. The number of imide groups is 1. The predicted molar refractivity (Wildman–Crippen MR) is 92.0 cm³/mol. The van der Waals surface area contributed by atoms with E-state index < -0.39 is 6.03 Å². The number of rotatable bonds is 7. The van der Waals surface area contributed by atoms with Crippen LogP contribution < -0.4 is 16.0 Å². The lowest BCUT2D eigenvalue weighted by molar-refractivity contribution is -0.692. The van der Waals surface area contributed by atoms with Crippen molar-refractivity contribution in [2.75, 3.05) is 13.6 Å². The van der Waals surface area contributed by atoms with Gasteiger partial charge in [-0.15, -0.1) is 0 Å². The summed E-state index contributed by atoms with van der Waals surface area (Å²) in [5.74, 6) is 0.742. The van der Waals surface area contributed by atoms with Gasteiger partial charge in [0.1, 0.15) is 6.04 Å². The lowest BCUT2D eigenvalue weighted by Gasteiger charge is -2.20. The lowest BCUT2D eigenvalue weighted by Crippen LogP contribution is -2.88. The Morgan fingerprint density at radius 1 is 1.09 bits per heavy atom. The fourth-order valence-corrected chi connectivity index (χ4v) is 2.61. The van der Waals surface area contributed by atoms with Gasteiger partial charge in [0.25, 0.3) is 5.91 Å². The first-order chi connectivity index (χ1) is 10.8. The van der Waals surface area contributed by atoms with Gasteiger partial charge in [-0.25, -0.2) is 4.79 Å². The first kappa shape index (κ1) is 19.2. The summed E-state index contributed by atoms with van der Waals surface area (Å²) in [6.07, 6.45) is 1.07. The molecule has 0 bridgehead atoms. The molecule has 1 rings (SSSR count). The topological polar surface area (TPSA) is 74.8 Å². The predicted octanol–water partition coefficient (Wildman–Crippen LogP) is 1.60. The molecule has 4 N–H and O–H groups in total. The van der Waals surface area contributed by atoms with Gasteiger partial charge in [0.05, 0.1) is 0 Å². The molecule has 0 saturated carbocycles. The van der Waals surface area contributed by atoms with Gasteiger partial charge in [-0.1, -0.05) is 52.0 Å². The van der Waals surface area contributed by atoms with E-state index in [2.05, 4.69) is 62.6 Å².